The average molecular weight is 288 g/mol. The highest BCUT2D eigenvalue weighted by molar-refractivity contribution is 7.89. The monoisotopic (exact) mass is 288 g/mol. The van der Waals surface area contributed by atoms with Crippen LogP contribution in [0.2, 0.25) is 0 Å². The van der Waals surface area contributed by atoms with Crippen LogP contribution in [-0.2, 0) is 16.4 Å². The van der Waals surface area contributed by atoms with Crippen LogP contribution in [0, 0.1) is 0 Å². The Hall–Kier alpha value is -0.430. The molecule has 1 N–H and O–H groups in total. The van der Waals surface area contributed by atoms with E-state index in [1.165, 1.54) is 9.18 Å². The number of rotatable bonds is 5. The van der Waals surface area contributed by atoms with Crippen LogP contribution in [0.1, 0.15) is 17.7 Å². The molecule has 0 bridgehead atoms. The van der Waals surface area contributed by atoms with E-state index in [9.17, 15) is 8.42 Å². The van der Waals surface area contributed by atoms with E-state index >= 15 is 0 Å². The van der Waals surface area contributed by atoms with Gasteiger partial charge in [-0.15, -0.1) is 11.3 Å². The predicted molar refractivity (Wildman–Crippen MR) is 75.5 cm³/mol. The molecule has 2 heterocycles. The van der Waals surface area contributed by atoms with Gasteiger partial charge in [0.15, 0.2) is 0 Å². The predicted octanol–water partition coefficient (Wildman–Crippen LogP) is 1.30. The first-order valence-electron chi connectivity index (χ1n) is 6.29. The van der Waals surface area contributed by atoms with Crippen LogP contribution >= 0.6 is 11.3 Å². The molecule has 0 spiro atoms. The lowest BCUT2D eigenvalue weighted by Gasteiger charge is -2.27. The second-order valence-corrected chi connectivity index (χ2v) is 8.02. The maximum absolute atomic E-state index is 12.3. The van der Waals surface area contributed by atoms with Crippen molar-refractivity contribution in [2.24, 2.45) is 0 Å². The van der Waals surface area contributed by atoms with Gasteiger partial charge in [-0.3, -0.25) is 0 Å². The van der Waals surface area contributed by atoms with Crippen molar-refractivity contribution in [1.29, 1.82) is 0 Å². The Balaban J connectivity index is 1.92. The summed E-state index contributed by atoms with van der Waals surface area (Å²) in [4.78, 5) is 1.24. The Bertz CT molecular complexity index is 450. The van der Waals surface area contributed by atoms with Crippen LogP contribution in [0.3, 0.4) is 0 Å². The van der Waals surface area contributed by atoms with E-state index < -0.39 is 10.0 Å². The number of thiophene rings is 1. The molecule has 0 radical (unpaired) electrons. The van der Waals surface area contributed by atoms with E-state index in [2.05, 4.69) is 5.32 Å². The average Bonchev–Trinajstić information content (AvgIpc) is 2.90. The molecule has 1 aliphatic heterocycles. The molecule has 0 amide bonds. The van der Waals surface area contributed by atoms with Crippen LogP contribution in [0.5, 0.6) is 0 Å². The normalized spacial score (nSPS) is 21.3. The van der Waals surface area contributed by atoms with Crippen LogP contribution in [-0.4, -0.2) is 44.7 Å². The fourth-order valence-corrected chi connectivity index (χ4v) is 4.52. The van der Waals surface area contributed by atoms with Gasteiger partial charge in [-0.25, -0.2) is 12.7 Å². The van der Waals surface area contributed by atoms with Crippen LogP contribution in [0.15, 0.2) is 17.5 Å². The molecule has 1 unspecified atom stereocenters. The smallest absolute Gasteiger partial charge is 0.217 e. The molecule has 1 aromatic rings. The maximum Gasteiger partial charge on any atom is 0.217 e. The van der Waals surface area contributed by atoms with E-state index in [-0.39, 0.29) is 5.25 Å². The molecule has 6 heteroatoms. The van der Waals surface area contributed by atoms with Crippen molar-refractivity contribution in [3.8, 4) is 0 Å². The number of nitrogens with one attached hydrogen (secondary N) is 1. The molecule has 1 saturated heterocycles. The molecular formula is C12H20N2O2S2. The first-order valence-corrected chi connectivity index (χ1v) is 8.67. The molecule has 4 nitrogen and oxygen atoms in total. The Morgan fingerprint density at radius 2 is 2.39 bits per heavy atom. The zero-order valence-corrected chi connectivity index (χ0v) is 12.3. The fraction of sp³-hybridized carbons (Fsp3) is 0.667. The van der Waals surface area contributed by atoms with Gasteiger partial charge in [-0.05, 0) is 37.3 Å². The quantitative estimate of drug-likeness (QED) is 0.888. The minimum Gasteiger partial charge on any atom is -0.315 e. The Morgan fingerprint density at radius 1 is 1.56 bits per heavy atom. The Morgan fingerprint density at radius 3 is 3.00 bits per heavy atom. The van der Waals surface area contributed by atoms with E-state index in [0.717, 1.165) is 25.8 Å². The van der Waals surface area contributed by atoms with Gasteiger partial charge >= 0.3 is 0 Å². The largest absolute Gasteiger partial charge is 0.315 e. The zero-order chi connectivity index (χ0) is 13.0. The summed E-state index contributed by atoms with van der Waals surface area (Å²) in [5.41, 5.74) is 0. The van der Waals surface area contributed by atoms with Crippen molar-refractivity contribution >= 4 is 21.4 Å². The minimum atomic E-state index is -3.14. The van der Waals surface area contributed by atoms with Crippen molar-refractivity contribution in [3.05, 3.63) is 22.4 Å². The molecule has 0 aliphatic carbocycles. The second-order valence-electron chi connectivity index (χ2n) is 4.66. The molecule has 1 aliphatic rings. The summed E-state index contributed by atoms with van der Waals surface area (Å²) in [6, 6.07) is 4.05. The summed E-state index contributed by atoms with van der Waals surface area (Å²) < 4.78 is 26.2. The number of hydrogen-bond acceptors (Lipinski definition) is 4. The standard InChI is InChI=1S/C12H20N2O2S2/c1-14(8-6-11-4-3-9-17-11)18(15,16)12-5-2-7-13-10-12/h3-4,9,12-13H,2,5-8,10H2,1H3. The third kappa shape index (κ3) is 3.32. The van der Waals surface area contributed by atoms with E-state index in [1.807, 2.05) is 17.5 Å². The summed E-state index contributed by atoms with van der Waals surface area (Å²) in [7, 11) is -1.45. The van der Waals surface area contributed by atoms with Gasteiger partial charge in [0.1, 0.15) is 0 Å². The van der Waals surface area contributed by atoms with Crippen LogP contribution in [0.25, 0.3) is 0 Å². The van der Waals surface area contributed by atoms with Crippen molar-refractivity contribution in [3.63, 3.8) is 0 Å². The summed E-state index contributed by atoms with van der Waals surface area (Å²) in [6.45, 7) is 2.09. The number of nitrogens with zero attached hydrogens (tertiary/aromatic N) is 1. The van der Waals surface area contributed by atoms with Crippen LogP contribution < -0.4 is 5.32 Å². The molecule has 2 rings (SSSR count). The first kappa shape index (κ1) is 14.0. The lowest BCUT2D eigenvalue weighted by molar-refractivity contribution is 0.434. The molecule has 1 fully saturated rings. The summed E-state index contributed by atoms with van der Waals surface area (Å²) >= 11 is 1.68. The molecule has 0 aromatic carbocycles. The lowest BCUT2D eigenvalue weighted by Crippen LogP contribution is -2.45. The van der Waals surface area contributed by atoms with Gasteiger partial charge in [-0.2, -0.15) is 0 Å². The number of piperidine rings is 1. The number of likely N-dealkylation sites (N-methyl/N-ethyl adjacent to an activating group) is 1. The maximum atomic E-state index is 12.3. The Kier molecular flexibility index (Phi) is 4.77. The van der Waals surface area contributed by atoms with Gasteiger partial charge in [0.2, 0.25) is 10.0 Å². The molecule has 1 aromatic heterocycles. The summed E-state index contributed by atoms with van der Waals surface area (Å²) in [6.07, 6.45) is 2.52. The molecular weight excluding hydrogens is 268 g/mol. The van der Waals surface area contributed by atoms with E-state index in [1.54, 1.807) is 18.4 Å². The van der Waals surface area contributed by atoms with Crippen molar-refractivity contribution < 1.29 is 8.42 Å². The second kappa shape index (κ2) is 6.14. The zero-order valence-electron chi connectivity index (χ0n) is 10.6. The third-order valence-electron chi connectivity index (χ3n) is 3.36. The van der Waals surface area contributed by atoms with Crippen LogP contribution in [0.4, 0.5) is 0 Å². The molecule has 102 valence electrons. The van der Waals surface area contributed by atoms with E-state index in [0.29, 0.717) is 13.1 Å². The highest BCUT2D eigenvalue weighted by Gasteiger charge is 2.30. The summed E-state index contributed by atoms with van der Waals surface area (Å²) in [5.74, 6) is 0. The summed E-state index contributed by atoms with van der Waals surface area (Å²) in [5, 5.41) is 4.93. The van der Waals surface area contributed by atoms with Crippen molar-refractivity contribution in [2.45, 2.75) is 24.5 Å². The Labute approximate surface area is 113 Å². The van der Waals surface area contributed by atoms with Crippen molar-refractivity contribution in [1.82, 2.24) is 9.62 Å². The van der Waals surface area contributed by atoms with Crippen molar-refractivity contribution in [2.75, 3.05) is 26.7 Å². The highest BCUT2D eigenvalue weighted by atomic mass is 32.2. The van der Waals surface area contributed by atoms with Gasteiger partial charge in [0.25, 0.3) is 0 Å². The molecule has 1 atom stereocenters. The van der Waals surface area contributed by atoms with Gasteiger partial charge < -0.3 is 5.32 Å². The number of hydrogen-bond donors (Lipinski definition) is 1. The highest BCUT2D eigenvalue weighted by Crippen LogP contribution is 2.16. The minimum absolute atomic E-state index is 0.250. The van der Waals surface area contributed by atoms with Gasteiger partial charge in [0, 0.05) is 25.0 Å². The van der Waals surface area contributed by atoms with E-state index in [4.69, 9.17) is 0 Å². The SMILES string of the molecule is CN(CCc1cccs1)S(=O)(=O)C1CCCNC1. The van der Waals surface area contributed by atoms with Gasteiger partial charge in [-0.1, -0.05) is 6.07 Å². The molecule has 18 heavy (non-hydrogen) atoms. The topological polar surface area (TPSA) is 49.4 Å². The lowest BCUT2D eigenvalue weighted by atomic mass is 10.2. The first-order chi connectivity index (χ1) is 8.60. The third-order valence-corrected chi connectivity index (χ3v) is 6.59. The van der Waals surface area contributed by atoms with Gasteiger partial charge in [0.05, 0.1) is 5.25 Å². The fourth-order valence-electron chi connectivity index (χ4n) is 2.18. The number of sulfonamides is 1. The molecule has 0 saturated carbocycles.